The number of primary amides is 1. The molecule has 2 unspecified atom stereocenters. The molecule has 1 aliphatic carbocycles. The van der Waals surface area contributed by atoms with E-state index in [4.69, 9.17) is 48.6 Å². The van der Waals surface area contributed by atoms with E-state index in [1.165, 1.54) is 24.2 Å². The summed E-state index contributed by atoms with van der Waals surface area (Å²) < 4.78 is 45.3. The molecule has 6 heterocycles. The van der Waals surface area contributed by atoms with E-state index in [9.17, 15) is 62.3 Å². The number of nitrogens with zero attached hydrogens (tertiary/aromatic N) is 7. The van der Waals surface area contributed by atoms with Gasteiger partial charge in [0.25, 0.3) is 23.6 Å². The molecule has 10 rings (SSSR count). The van der Waals surface area contributed by atoms with Crippen LogP contribution in [0.3, 0.4) is 0 Å². The molecule has 38 nitrogen and oxygen atoms in total. The van der Waals surface area contributed by atoms with E-state index < -0.39 is 77.7 Å². The van der Waals surface area contributed by atoms with E-state index in [1.54, 1.807) is 86.6 Å². The molecule has 2 saturated heterocycles. The predicted octanol–water partition coefficient (Wildman–Crippen LogP) is 3.75. The fraction of sp³-hybridized carbons (Fsp3) is 0.552. The van der Waals surface area contributed by atoms with Gasteiger partial charge in [0.15, 0.2) is 5.82 Å². The molecule has 3 fully saturated rings. The maximum Gasteiger partial charge on any atom is 0.407 e. The molecule has 676 valence electrons. The van der Waals surface area contributed by atoms with Crippen LogP contribution in [0, 0.1) is 17.8 Å². The molecule has 5 aliphatic heterocycles. The summed E-state index contributed by atoms with van der Waals surface area (Å²) in [4.78, 5) is 185. The van der Waals surface area contributed by atoms with Crippen molar-refractivity contribution in [3.05, 3.63) is 107 Å². The lowest BCUT2D eigenvalue weighted by Crippen LogP contribution is -2.55. The zero-order valence-electron chi connectivity index (χ0n) is 71.7. The zero-order chi connectivity index (χ0) is 89.2. The van der Waals surface area contributed by atoms with Crippen molar-refractivity contribution in [3.63, 3.8) is 0 Å². The third-order valence-electron chi connectivity index (χ3n) is 22.1. The zero-order valence-corrected chi connectivity index (χ0v) is 71.7. The number of urea groups is 1. The van der Waals surface area contributed by atoms with Crippen molar-refractivity contribution in [2.75, 3.05) is 153 Å². The van der Waals surface area contributed by atoms with Crippen molar-refractivity contribution in [3.8, 4) is 17.6 Å². The molecule has 125 heavy (non-hydrogen) atoms. The number of amides is 14. The number of hydrogen-bond acceptors (Lipinski definition) is 26. The van der Waals surface area contributed by atoms with Gasteiger partial charge >= 0.3 is 12.1 Å². The third-order valence-corrected chi connectivity index (χ3v) is 22.1. The second kappa shape index (κ2) is 49.1. The van der Waals surface area contributed by atoms with Crippen LogP contribution in [0.15, 0.2) is 79.0 Å². The highest BCUT2D eigenvalue weighted by atomic mass is 16.6. The van der Waals surface area contributed by atoms with Gasteiger partial charge in [0.05, 0.1) is 104 Å². The fourth-order valence-electron chi connectivity index (χ4n) is 15.3. The minimum absolute atomic E-state index is 0.00187. The number of likely N-dealkylation sites (tertiary alicyclic amines) is 1. The number of likely N-dealkylation sites (N-methyl/N-ethyl adjacent to an activating group) is 1. The molecule has 11 N–H and O–H groups in total. The second-order valence-corrected chi connectivity index (χ2v) is 31.3. The average Bonchev–Trinajstić information content (AvgIpc) is 1.77. The number of alkyl carbamates (subject to hydrolysis) is 1. The van der Waals surface area contributed by atoms with E-state index in [0.29, 0.717) is 154 Å². The topological polar surface area (TPSA) is 472 Å². The SMILES string of the molecule is CC[C@@H]1C(=O)N(C)c2cnc(Nc3ccc(C(=O)NC4CCN(CCC(COCCC#Cc5cccc6c5CN(C5CCC(=O)NC5=O)C6=O)NC(=O)OCc5ccc(NC(=O)[C@H](CCCNC(N)=O)NC(=O)[C@@H](NC(=O)CCOCCOCCOCCOCCOCCNC(=O)CCN6C(=O)C=CC6=O)C(C)C)cc5)CC4)cc3OC)nc2N1C1CCCC1. The summed E-state index contributed by atoms with van der Waals surface area (Å²) in [6.07, 6.45) is 10.8. The monoisotopic (exact) mass is 1740 g/mol. The number of ether oxygens (including phenoxy) is 8. The van der Waals surface area contributed by atoms with Gasteiger partial charge < -0.3 is 106 Å². The van der Waals surface area contributed by atoms with Crippen molar-refractivity contribution >= 4 is 106 Å². The highest BCUT2D eigenvalue weighted by Crippen LogP contribution is 2.41. The first-order valence-electron chi connectivity index (χ1n) is 42.8. The van der Waals surface area contributed by atoms with E-state index in [1.807, 2.05) is 13.0 Å². The highest BCUT2D eigenvalue weighted by molar-refractivity contribution is 6.13. The van der Waals surface area contributed by atoms with Gasteiger partial charge in [-0.15, -0.1) is 0 Å². The van der Waals surface area contributed by atoms with Crippen LogP contribution in [0.5, 0.6) is 5.75 Å². The molecule has 5 atom stereocenters. The number of aromatic nitrogens is 2. The smallest absolute Gasteiger partial charge is 0.407 e. The molecule has 0 bridgehead atoms. The maximum atomic E-state index is 14.0. The number of nitrogens with one attached hydrogen (secondary N) is 9. The Morgan fingerprint density at radius 1 is 0.720 bits per heavy atom. The van der Waals surface area contributed by atoms with Crippen LogP contribution in [0.1, 0.15) is 154 Å². The fourth-order valence-corrected chi connectivity index (χ4v) is 15.3. The number of carbonyl (C=O) groups excluding carboxylic acids is 13. The first-order valence-corrected chi connectivity index (χ1v) is 42.8. The lowest BCUT2D eigenvalue weighted by molar-refractivity contribution is -0.138. The summed E-state index contributed by atoms with van der Waals surface area (Å²) in [6, 6.07) is 12.5. The molecule has 4 aromatic rings. The van der Waals surface area contributed by atoms with Crippen LogP contribution in [-0.2, 0) is 89.5 Å². The Bertz CT molecular complexity index is 4490. The molecule has 3 aromatic carbocycles. The minimum Gasteiger partial charge on any atom is -0.495 e. The summed E-state index contributed by atoms with van der Waals surface area (Å²) in [5.41, 5.74) is 9.62. The number of hydrogen-bond donors (Lipinski definition) is 10. The molecule has 1 aromatic heterocycles. The second-order valence-electron chi connectivity index (χ2n) is 31.3. The van der Waals surface area contributed by atoms with E-state index in [2.05, 4.69) is 74.5 Å². The standard InChI is InChI=1S/C87H117N17O21/c1-6-68-84(115)100(4)70-52-91-86(99-78(70)104(68)63-15-7-8-16-63)96-66-24-21-59(51-71(66)118-5)79(110)92-61-29-36-101(37-30-61)38-31-62(55-124-40-10-9-13-58-14-11-17-64-65(58)53-103(83(64)114)69-25-26-73(106)98-81(69)112)94-87(117)125-54-57-19-22-60(23-20-57)93-80(111)67(18-12-34-90-85(88)116)95-82(113)77(56(2)3)97-74(107)33-41-119-43-45-121-47-49-123-50-48-122-46-44-120-42-35-89-72(105)32-39-102-75(108)27-28-76(102)109/h11,14,17,19-24,27-28,51-52,56,61-63,67-69,77H,6-8,10,12,15-16,18,25-26,29-50,53-55H2,1-5H3,(H,89,105)(H,92,110)(H,93,111)(H,94,117)(H,95,113)(H,97,107)(H3,88,90,116)(H,91,96,99)(H,98,106,112)/t62?,67-,68+,69?,77-/m0/s1. The van der Waals surface area contributed by atoms with E-state index in [-0.39, 0.29) is 159 Å². The lowest BCUT2D eigenvalue weighted by atomic mass is 10.0. The van der Waals surface area contributed by atoms with Gasteiger partial charge in [0, 0.05) is 125 Å². The van der Waals surface area contributed by atoms with E-state index in [0.717, 1.165) is 30.6 Å². The van der Waals surface area contributed by atoms with Crippen molar-refractivity contribution in [2.24, 2.45) is 11.7 Å². The molecule has 1 saturated carbocycles. The van der Waals surface area contributed by atoms with Gasteiger partial charge in [-0.25, -0.2) is 14.6 Å². The summed E-state index contributed by atoms with van der Waals surface area (Å²) in [5.74, 6) is 3.11. The van der Waals surface area contributed by atoms with Gasteiger partial charge in [0.2, 0.25) is 47.3 Å². The Balaban J connectivity index is 0.653. The van der Waals surface area contributed by atoms with Crippen molar-refractivity contribution in [2.45, 2.75) is 173 Å². The quantitative estimate of drug-likeness (QED) is 0.0171. The summed E-state index contributed by atoms with van der Waals surface area (Å²) in [5, 5.41) is 25.3. The molecular weight excluding hydrogens is 1620 g/mol. The highest BCUT2D eigenvalue weighted by Gasteiger charge is 2.43. The Kier molecular flexibility index (Phi) is 37.5. The first kappa shape index (κ1) is 95.5. The van der Waals surface area contributed by atoms with E-state index >= 15 is 0 Å². The molecular formula is C87H117N17O21. The number of rotatable bonds is 49. The number of carbonyl (C=O) groups is 13. The van der Waals surface area contributed by atoms with Gasteiger partial charge in [-0.05, 0) is 117 Å². The number of imide groups is 2. The predicted molar refractivity (Wildman–Crippen MR) is 457 cm³/mol. The van der Waals surface area contributed by atoms with Crippen LogP contribution in [0.25, 0.3) is 0 Å². The van der Waals surface area contributed by atoms with Crippen LogP contribution in [0.2, 0.25) is 0 Å². The number of fused-ring (bicyclic) bond motifs is 2. The van der Waals surface area contributed by atoms with Gasteiger partial charge in [-0.2, -0.15) is 4.98 Å². The maximum absolute atomic E-state index is 14.0. The summed E-state index contributed by atoms with van der Waals surface area (Å²) in [6.45, 7) is 10.7. The van der Waals surface area contributed by atoms with Gasteiger partial charge in [-0.1, -0.05) is 63.7 Å². The Labute approximate surface area is 726 Å². The van der Waals surface area contributed by atoms with Crippen molar-refractivity contribution in [1.29, 1.82) is 0 Å². The van der Waals surface area contributed by atoms with Gasteiger partial charge in [-0.3, -0.25) is 63.0 Å². The van der Waals surface area contributed by atoms with Crippen LogP contribution >= 0.6 is 0 Å². The number of nitrogens with two attached hydrogens (primary N) is 1. The average molecular weight is 1740 g/mol. The number of piperidine rings is 2. The normalized spacial score (nSPS) is 17.3. The van der Waals surface area contributed by atoms with Crippen molar-refractivity contribution < 1.29 is 100 Å². The first-order chi connectivity index (χ1) is 60.4. The van der Waals surface area contributed by atoms with Gasteiger partial charge in [0.1, 0.15) is 42.2 Å². The van der Waals surface area contributed by atoms with Crippen LogP contribution in [-0.4, -0.2) is 277 Å². The number of benzene rings is 3. The third kappa shape index (κ3) is 28.9. The Morgan fingerprint density at radius 3 is 2.09 bits per heavy atom. The largest absolute Gasteiger partial charge is 0.495 e. The molecule has 14 amide bonds. The Morgan fingerprint density at radius 2 is 1.42 bits per heavy atom. The minimum atomic E-state index is -1.12. The van der Waals surface area contributed by atoms with Crippen molar-refractivity contribution in [1.82, 2.24) is 61.9 Å². The Hall–Kier alpha value is -11.7. The molecule has 0 radical (unpaired) electrons. The number of anilines is 5. The van der Waals surface area contributed by atoms with Crippen LogP contribution in [0.4, 0.5) is 38.4 Å². The number of methoxy groups -OCH3 is 1. The molecule has 6 aliphatic rings. The summed E-state index contributed by atoms with van der Waals surface area (Å²) >= 11 is 0. The molecule has 0 spiro atoms. The summed E-state index contributed by atoms with van der Waals surface area (Å²) in [7, 11) is 3.29. The lowest BCUT2D eigenvalue weighted by Gasteiger charge is -2.43. The molecule has 38 heteroatoms. The van der Waals surface area contributed by atoms with Crippen LogP contribution < -0.4 is 68.1 Å².